The molecule has 1 N–H and O–H groups in total. The number of rotatable bonds is 6. The molecule has 114 valence electrons. The van der Waals surface area contributed by atoms with Gasteiger partial charge < -0.3 is 10.1 Å². The van der Waals surface area contributed by atoms with Crippen molar-refractivity contribution in [2.45, 2.75) is 46.6 Å². The van der Waals surface area contributed by atoms with E-state index in [1.807, 2.05) is 6.07 Å². The molecule has 2 unspecified atom stereocenters. The van der Waals surface area contributed by atoms with E-state index in [-0.39, 0.29) is 5.54 Å². The molecule has 2 nitrogen and oxygen atoms in total. The molecule has 0 radical (unpaired) electrons. The van der Waals surface area contributed by atoms with Crippen molar-refractivity contribution in [1.82, 2.24) is 5.32 Å². The van der Waals surface area contributed by atoms with E-state index >= 15 is 0 Å². The number of ether oxygens (including phenoxy) is 1. The molecule has 0 aliphatic carbocycles. The summed E-state index contributed by atoms with van der Waals surface area (Å²) in [6, 6.07) is 6.19. The lowest BCUT2D eigenvalue weighted by Crippen LogP contribution is -2.40. The third-order valence-electron chi connectivity index (χ3n) is 3.72. The minimum Gasteiger partial charge on any atom is -0.497 e. The fraction of sp³-hybridized carbons (Fsp3) is 0.647. The molecule has 0 saturated carbocycles. The lowest BCUT2D eigenvalue weighted by molar-refractivity contribution is 0.317. The van der Waals surface area contributed by atoms with Crippen molar-refractivity contribution < 1.29 is 4.74 Å². The molecule has 0 bridgehead atoms. The molecule has 0 aromatic heterocycles. The monoisotopic (exact) mass is 341 g/mol. The van der Waals surface area contributed by atoms with Crippen LogP contribution in [0.1, 0.15) is 40.2 Å². The first kappa shape index (κ1) is 17.5. The molecule has 1 aromatic rings. The molecule has 20 heavy (non-hydrogen) atoms. The van der Waals surface area contributed by atoms with E-state index < -0.39 is 0 Å². The Morgan fingerprint density at radius 2 is 1.85 bits per heavy atom. The Balaban J connectivity index is 2.63. The van der Waals surface area contributed by atoms with Crippen molar-refractivity contribution in [1.29, 1.82) is 0 Å². The third-order valence-corrected chi connectivity index (χ3v) is 4.49. The minimum absolute atomic E-state index is 0.185. The standard InChI is InChI=1S/C17H28BrNO/c1-12(13(2)11-19-17(3,4)5)9-14-10-15(20-6)7-8-16(14)18/h7-8,10,12-13,19H,9,11H2,1-6H3. The lowest BCUT2D eigenvalue weighted by Gasteiger charge is -2.27. The van der Waals surface area contributed by atoms with Gasteiger partial charge in [-0.15, -0.1) is 0 Å². The summed E-state index contributed by atoms with van der Waals surface area (Å²) in [5.41, 5.74) is 1.50. The Hall–Kier alpha value is -0.540. The second-order valence-electron chi connectivity index (χ2n) is 6.75. The largest absolute Gasteiger partial charge is 0.497 e. The minimum atomic E-state index is 0.185. The summed E-state index contributed by atoms with van der Waals surface area (Å²) in [5, 5.41) is 3.59. The summed E-state index contributed by atoms with van der Waals surface area (Å²) in [4.78, 5) is 0. The first-order valence-electron chi connectivity index (χ1n) is 7.30. The zero-order chi connectivity index (χ0) is 15.3. The highest BCUT2D eigenvalue weighted by Gasteiger charge is 2.17. The van der Waals surface area contributed by atoms with Gasteiger partial charge in [-0.1, -0.05) is 29.8 Å². The molecule has 1 rings (SSSR count). The van der Waals surface area contributed by atoms with Crippen LogP contribution in [0, 0.1) is 11.8 Å². The first-order chi connectivity index (χ1) is 9.23. The molecule has 0 saturated heterocycles. The molecule has 0 heterocycles. The average molecular weight is 342 g/mol. The summed E-state index contributed by atoms with van der Waals surface area (Å²) in [6.07, 6.45) is 1.06. The van der Waals surface area contributed by atoms with Gasteiger partial charge in [0.25, 0.3) is 0 Å². The van der Waals surface area contributed by atoms with E-state index in [2.05, 4.69) is 68.0 Å². The lowest BCUT2D eigenvalue weighted by atomic mass is 9.89. The Kier molecular flexibility index (Phi) is 6.53. The molecule has 0 aliphatic rings. The molecule has 0 amide bonds. The first-order valence-corrected chi connectivity index (χ1v) is 8.09. The molecular weight excluding hydrogens is 314 g/mol. The molecule has 1 aromatic carbocycles. The van der Waals surface area contributed by atoms with Gasteiger partial charge in [0.2, 0.25) is 0 Å². The van der Waals surface area contributed by atoms with E-state index in [0.717, 1.165) is 18.7 Å². The van der Waals surface area contributed by atoms with Crippen LogP contribution in [0.3, 0.4) is 0 Å². The van der Waals surface area contributed by atoms with Gasteiger partial charge in [-0.25, -0.2) is 0 Å². The molecule has 0 fully saturated rings. The maximum absolute atomic E-state index is 5.31. The summed E-state index contributed by atoms with van der Waals surface area (Å²) in [5.74, 6) is 2.18. The highest BCUT2D eigenvalue weighted by atomic mass is 79.9. The van der Waals surface area contributed by atoms with Crippen molar-refractivity contribution in [3.05, 3.63) is 28.2 Å². The summed E-state index contributed by atoms with van der Waals surface area (Å²) in [6.45, 7) is 12.3. The van der Waals surface area contributed by atoms with Crippen LogP contribution >= 0.6 is 15.9 Å². The summed E-state index contributed by atoms with van der Waals surface area (Å²) < 4.78 is 6.48. The quantitative estimate of drug-likeness (QED) is 0.812. The molecule has 0 spiro atoms. The van der Waals surface area contributed by atoms with Gasteiger partial charge in [-0.05, 0) is 69.3 Å². The van der Waals surface area contributed by atoms with Crippen LogP contribution in [-0.2, 0) is 6.42 Å². The number of methoxy groups -OCH3 is 1. The maximum atomic E-state index is 5.31. The van der Waals surface area contributed by atoms with Crippen molar-refractivity contribution in [2.75, 3.05) is 13.7 Å². The van der Waals surface area contributed by atoms with Gasteiger partial charge >= 0.3 is 0 Å². The van der Waals surface area contributed by atoms with E-state index in [1.165, 1.54) is 10.0 Å². The predicted molar refractivity (Wildman–Crippen MR) is 90.5 cm³/mol. The average Bonchev–Trinajstić information content (AvgIpc) is 2.37. The van der Waals surface area contributed by atoms with E-state index in [1.54, 1.807) is 7.11 Å². The van der Waals surface area contributed by atoms with Crippen molar-refractivity contribution >= 4 is 15.9 Å². The zero-order valence-corrected chi connectivity index (χ0v) is 15.2. The van der Waals surface area contributed by atoms with Gasteiger partial charge in [0.05, 0.1) is 7.11 Å². The highest BCUT2D eigenvalue weighted by Crippen LogP contribution is 2.27. The number of nitrogens with one attached hydrogen (secondary N) is 1. The van der Waals surface area contributed by atoms with Gasteiger partial charge in [0, 0.05) is 10.0 Å². The van der Waals surface area contributed by atoms with Crippen LogP contribution in [0.25, 0.3) is 0 Å². The smallest absolute Gasteiger partial charge is 0.119 e. The highest BCUT2D eigenvalue weighted by molar-refractivity contribution is 9.10. The topological polar surface area (TPSA) is 21.3 Å². The fourth-order valence-electron chi connectivity index (χ4n) is 2.05. The number of hydrogen-bond acceptors (Lipinski definition) is 2. The van der Waals surface area contributed by atoms with Crippen LogP contribution in [0.4, 0.5) is 0 Å². The van der Waals surface area contributed by atoms with Crippen LogP contribution < -0.4 is 10.1 Å². The second kappa shape index (κ2) is 7.46. The van der Waals surface area contributed by atoms with E-state index in [4.69, 9.17) is 4.74 Å². The number of halogens is 1. The Morgan fingerprint density at radius 3 is 2.40 bits per heavy atom. The molecule has 2 atom stereocenters. The Bertz CT molecular complexity index is 425. The van der Waals surface area contributed by atoms with Crippen molar-refractivity contribution in [3.63, 3.8) is 0 Å². The van der Waals surface area contributed by atoms with Crippen LogP contribution in [0.2, 0.25) is 0 Å². The van der Waals surface area contributed by atoms with Crippen molar-refractivity contribution in [2.24, 2.45) is 11.8 Å². The zero-order valence-electron chi connectivity index (χ0n) is 13.6. The second-order valence-corrected chi connectivity index (χ2v) is 7.60. The van der Waals surface area contributed by atoms with Crippen LogP contribution in [0.5, 0.6) is 5.75 Å². The van der Waals surface area contributed by atoms with E-state index in [9.17, 15) is 0 Å². The third kappa shape index (κ3) is 5.84. The van der Waals surface area contributed by atoms with E-state index in [0.29, 0.717) is 11.8 Å². The van der Waals surface area contributed by atoms with Gasteiger partial charge in [0.1, 0.15) is 5.75 Å². The fourth-order valence-corrected chi connectivity index (χ4v) is 2.46. The van der Waals surface area contributed by atoms with Gasteiger partial charge in [0.15, 0.2) is 0 Å². The number of hydrogen-bond donors (Lipinski definition) is 1. The van der Waals surface area contributed by atoms with Crippen LogP contribution in [0.15, 0.2) is 22.7 Å². The Labute approximate surface area is 132 Å². The molecule has 0 aliphatic heterocycles. The number of benzene rings is 1. The Morgan fingerprint density at radius 1 is 1.20 bits per heavy atom. The summed E-state index contributed by atoms with van der Waals surface area (Å²) in [7, 11) is 1.71. The normalized spacial score (nSPS) is 14.9. The molecule has 3 heteroatoms. The van der Waals surface area contributed by atoms with Crippen molar-refractivity contribution in [3.8, 4) is 5.75 Å². The summed E-state index contributed by atoms with van der Waals surface area (Å²) >= 11 is 3.64. The van der Waals surface area contributed by atoms with Gasteiger partial charge in [-0.2, -0.15) is 0 Å². The van der Waals surface area contributed by atoms with Gasteiger partial charge in [-0.3, -0.25) is 0 Å². The molecular formula is C17H28BrNO. The SMILES string of the molecule is COc1ccc(Br)c(CC(C)C(C)CNC(C)(C)C)c1. The maximum Gasteiger partial charge on any atom is 0.119 e. The van der Waals surface area contributed by atoms with Crippen LogP contribution in [-0.4, -0.2) is 19.2 Å². The predicted octanol–water partition coefficient (Wildman–Crippen LogP) is 4.66.